The molecule has 0 fully saturated rings. The molecule has 0 spiro atoms. The minimum absolute atomic E-state index is 0. The fourth-order valence-corrected chi connectivity index (χ4v) is 1.23. The molecule has 0 atom stereocenters. The fraction of sp³-hybridized carbons (Fsp3) is 0.900. The molecule has 0 rings (SSSR count). The first kappa shape index (κ1) is 16.7. The van der Waals surface area contributed by atoms with E-state index in [2.05, 4.69) is 6.92 Å². The predicted octanol–water partition coefficient (Wildman–Crippen LogP) is 0.328. The van der Waals surface area contributed by atoms with Crippen molar-refractivity contribution in [1.82, 2.24) is 0 Å². The molecule has 3 heteroatoms. The monoisotopic (exact) mass is 258 g/mol. The largest absolute Gasteiger partial charge is 1.00 e. The molecular formula is C10H21O2Rb. The van der Waals surface area contributed by atoms with E-state index in [4.69, 9.17) is 5.11 Å². The normalized spacial score (nSPS) is 9.31. The van der Waals surface area contributed by atoms with E-state index in [9.17, 15) is 4.79 Å². The van der Waals surface area contributed by atoms with Crippen molar-refractivity contribution in [2.45, 2.75) is 58.3 Å². The van der Waals surface area contributed by atoms with Crippen LogP contribution in [0.3, 0.4) is 0 Å². The molecule has 0 aromatic rings. The molecule has 0 bridgehead atoms. The molecule has 0 saturated heterocycles. The summed E-state index contributed by atoms with van der Waals surface area (Å²) < 4.78 is 0. The van der Waals surface area contributed by atoms with Crippen LogP contribution in [-0.2, 0) is 4.79 Å². The van der Waals surface area contributed by atoms with Gasteiger partial charge in [-0.15, -0.1) is 0 Å². The third kappa shape index (κ3) is 16.0. The van der Waals surface area contributed by atoms with Gasteiger partial charge in [0, 0.05) is 6.42 Å². The zero-order chi connectivity index (χ0) is 9.23. The van der Waals surface area contributed by atoms with Gasteiger partial charge in [0.25, 0.3) is 0 Å². The van der Waals surface area contributed by atoms with Gasteiger partial charge >= 0.3 is 64.2 Å². The van der Waals surface area contributed by atoms with E-state index in [1.807, 2.05) is 0 Å². The molecule has 0 aliphatic rings. The van der Waals surface area contributed by atoms with Crippen molar-refractivity contribution in [3.05, 3.63) is 0 Å². The Morgan fingerprint density at radius 2 is 1.54 bits per heavy atom. The Bertz CT molecular complexity index is 121. The standard InChI is InChI=1S/C10H20O2.Rb.H/c1-2-3-4-5-6-7-8-9-10(11)12;;/h2-9H2,1H3,(H,11,12);;/q;+1;-1. The number of unbranched alkanes of at least 4 members (excludes halogenated alkanes) is 6. The molecule has 0 aliphatic carbocycles. The van der Waals surface area contributed by atoms with Gasteiger partial charge in [0.15, 0.2) is 0 Å². The Balaban J connectivity index is -0.000000605. The Hall–Kier alpha value is 1.28. The van der Waals surface area contributed by atoms with Crippen LogP contribution >= 0.6 is 0 Å². The molecule has 0 aromatic heterocycles. The second-order valence-electron chi connectivity index (χ2n) is 3.27. The zero-order valence-electron chi connectivity index (χ0n) is 10.0. The number of carbonyl (C=O) groups is 1. The van der Waals surface area contributed by atoms with E-state index >= 15 is 0 Å². The average molecular weight is 259 g/mol. The second kappa shape index (κ2) is 13.3. The summed E-state index contributed by atoms with van der Waals surface area (Å²) in [4.78, 5) is 10.1. The fourth-order valence-electron chi connectivity index (χ4n) is 1.23. The maximum absolute atomic E-state index is 10.1. The SMILES string of the molecule is CCCCCCCCCC(=O)O.[H-].[Rb+]. The van der Waals surface area contributed by atoms with Crippen molar-refractivity contribution in [3.8, 4) is 0 Å². The molecule has 0 aliphatic heterocycles. The van der Waals surface area contributed by atoms with Crippen LogP contribution in [0.15, 0.2) is 0 Å². The molecule has 0 radical (unpaired) electrons. The van der Waals surface area contributed by atoms with Gasteiger partial charge in [-0.2, -0.15) is 0 Å². The van der Waals surface area contributed by atoms with Gasteiger partial charge < -0.3 is 6.53 Å². The number of rotatable bonds is 8. The van der Waals surface area contributed by atoms with E-state index in [1.165, 1.54) is 32.1 Å². The summed E-state index contributed by atoms with van der Waals surface area (Å²) in [5.41, 5.74) is 0. The number of hydrogen-bond donors (Lipinski definition) is 1. The first-order valence-corrected chi connectivity index (χ1v) is 4.99. The third-order valence-electron chi connectivity index (χ3n) is 1.99. The summed E-state index contributed by atoms with van der Waals surface area (Å²) in [6, 6.07) is 0. The van der Waals surface area contributed by atoms with E-state index in [-0.39, 0.29) is 59.6 Å². The van der Waals surface area contributed by atoms with Crippen LogP contribution in [0, 0.1) is 0 Å². The molecule has 2 nitrogen and oxygen atoms in total. The summed E-state index contributed by atoms with van der Waals surface area (Å²) >= 11 is 0. The summed E-state index contributed by atoms with van der Waals surface area (Å²) in [5.74, 6) is -0.663. The van der Waals surface area contributed by atoms with Gasteiger partial charge in [0.05, 0.1) is 0 Å². The molecular weight excluding hydrogens is 238 g/mol. The third-order valence-corrected chi connectivity index (χ3v) is 1.99. The Labute approximate surface area is 132 Å². The molecule has 0 saturated carbocycles. The van der Waals surface area contributed by atoms with Crippen LogP contribution in [0.1, 0.15) is 59.7 Å². The predicted molar refractivity (Wildman–Crippen MR) is 51.4 cm³/mol. The van der Waals surface area contributed by atoms with Gasteiger partial charge in [-0.1, -0.05) is 45.4 Å². The van der Waals surface area contributed by atoms with E-state index in [0.717, 1.165) is 12.8 Å². The number of hydrogen-bond acceptors (Lipinski definition) is 1. The maximum Gasteiger partial charge on any atom is 1.00 e. The van der Waals surface area contributed by atoms with Crippen molar-refractivity contribution in [1.29, 1.82) is 0 Å². The van der Waals surface area contributed by atoms with Crippen molar-refractivity contribution < 1.29 is 69.5 Å². The van der Waals surface area contributed by atoms with Crippen molar-refractivity contribution in [2.24, 2.45) is 0 Å². The summed E-state index contributed by atoms with van der Waals surface area (Å²) in [6.45, 7) is 2.20. The Kier molecular flexibility index (Phi) is 17.0. The van der Waals surface area contributed by atoms with Crippen molar-refractivity contribution >= 4 is 5.97 Å². The molecule has 1 N–H and O–H groups in total. The van der Waals surface area contributed by atoms with E-state index in [1.54, 1.807) is 0 Å². The van der Waals surface area contributed by atoms with Crippen molar-refractivity contribution in [3.63, 3.8) is 0 Å². The molecule has 0 amide bonds. The van der Waals surface area contributed by atoms with Crippen LogP contribution in [0.4, 0.5) is 0 Å². The van der Waals surface area contributed by atoms with Crippen LogP contribution < -0.4 is 58.2 Å². The van der Waals surface area contributed by atoms with Gasteiger partial charge in [-0.25, -0.2) is 0 Å². The zero-order valence-corrected chi connectivity index (χ0v) is 13.9. The van der Waals surface area contributed by atoms with E-state index in [0.29, 0.717) is 6.42 Å². The topological polar surface area (TPSA) is 37.3 Å². The first-order chi connectivity index (χ1) is 5.77. The van der Waals surface area contributed by atoms with Crippen LogP contribution in [0.5, 0.6) is 0 Å². The minimum Gasteiger partial charge on any atom is -1.00 e. The first-order valence-electron chi connectivity index (χ1n) is 4.99. The minimum atomic E-state index is -0.663. The second-order valence-corrected chi connectivity index (χ2v) is 3.27. The Morgan fingerprint density at radius 1 is 1.08 bits per heavy atom. The maximum atomic E-state index is 10.1. The molecule has 13 heavy (non-hydrogen) atoms. The van der Waals surface area contributed by atoms with Crippen LogP contribution in [0.2, 0.25) is 0 Å². The number of aliphatic carboxylic acids is 1. The number of carboxylic acid groups (broad SMARTS) is 1. The van der Waals surface area contributed by atoms with E-state index < -0.39 is 5.97 Å². The molecule has 0 aromatic carbocycles. The van der Waals surface area contributed by atoms with Gasteiger partial charge in [0.1, 0.15) is 0 Å². The van der Waals surface area contributed by atoms with Crippen molar-refractivity contribution in [2.75, 3.05) is 0 Å². The van der Waals surface area contributed by atoms with Crippen LogP contribution in [0.25, 0.3) is 0 Å². The van der Waals surface area contributed by atoms with Gasteiger partial charge in [0.2, 0.25) is 0 Å². The quantitative estimate of drug-likeness (QED) is 0.637. The summed E-state index contributed by atoms with van der Waals surface area (Å²) in [7, 11) is 0. The molecule has 0 unspecified atom stereocenters. The number of carboxylic acids is 1. The summed E-state index contributed by atoms with van der Waals surface area (Å²) in [5, 5.41) is 8.35. The Morgan fingerprint density at radius 3 is 2.00 bits per heavy atom. The molecule has 74 valence electrons. The molecule has 0 heterocycles. The average Bonchev–Trinajstić information content (AvgIpc) is 2.02. The van der Waals surface area contributed by atoms with Gasteiger partial charge in [-0.3, -0.25) is 4.79 Å². The summed E-state index contributed by atoms with van der Waals surface area (Å²) in [6.07, 6.45) is 8.64. The van der Waals surface area contributed by atoms with Gasteiger partial charge in [-0.05, 0) is 6.42 Å². The van der Waals surface area contributed by atoms with Crippen LogP contribution in [-0.4, -0.2) is 11.1 Å². The smallest absolute Gasteiger partial charge is 1.00 e.